The predicted octanol–water partition coefficient (Wildman–Crippen LogP) is 4.54. The third-order valence-corrected chi connectivity index (χ3v) is 5.04. The topological polar surface area (TPSA) is 119 Å². The molecule has 140 valence electrons. The van der Waals surface area contributed by atoms with Crippen molar-refractivity contribution >= 4 is 68.3 Å². The molecule has 3 aromatic rings. The van der Waals surface area contributed by atoms with Gasteiger partial charge in [-0.05, 0) is 38.5 Å². The monoisotopic (exact) mass is 492 g/mol. The molecule has 0 unspecified atom stereocenters. The fraction of sp³-hybridized carbons (Fsp3) is 0.0714. The Hall–Kier alpha value is -2.14. The Balaban J connectivity index is 1.77. The normalized spacial score (nSPS) is 10.8. The summed E-state index contributed by atoms with van der Waals surface area (Å²) >= 11 is 21.0. The van der Waals surface area contributed by atoms with E-state index in [2.05, 4.69) is 36.5 Å². The number of carbonyl (C=O) groups is 1. The van der Waals surface area contributed by atoms with E-state index >= 15 is 0 Å². The Morgan fingerprint density at radius 2 is 2.07 bits per heavy atom. The van der Waals surface area contributed by atoms with Gasteiger partial charge in [0.05, 0.1) is 21.1 Å². The van der Waals surface area contributed by atoms with Crippen molar-refractivity contribution in [2.75, 3.05) is 5.32 Å². The number of H-pyrrole nitrogens is 1. The van der Waals surface area contributed by atoms with Gasteiger partial charge in [0, 0.05) is 6.20 Å². The Kier molecular flexibility index (Phi) is 5.70. The van der Waals surface area contributed by atoms with Crippen LogP contribution in [-0.2, 0) is 6.54 Å². The highest BCUT2D eigenvalue weighted by Gasteiger charge is 2.26. The molecule has 1 aromatic carbocycles. The molecule has 0 aliphatic heterocycles. The standard InChI is InChI=1S/C14H8BrCl3N6O3/c15-7-5-23(4-6-1-2-8(16)9(17)3-6)22-12(7)19-14(25)11-10(18)13(21-20-11)24(26)27/h1-3,5H,4H2,(H,20,21)(H,19,22,25). The molecule has 0 saturated heterocycles. The maximum absolute atomic E-state index is 12.3. The van der Waals surface area contributed by atoms with E-state index in [1.807, 2.05) is 0 Å². The number of nitrogens with zero attached hydrogens (tertiary/aromatic N) is 4. The van der Waals surface area contributed by atoms with Gasteiger partial charge in [0.2, 0.25) is 0 Å². The number of benzene rings is 1. The van der Waals surface area contributed by atoms with Crippen molar-refractivity contribution in [3.63, 3.8) is 0 Å². The molecule has 2 N–H and O–H groups in total. The number of hydrogen-bond donors (Lipinski definition) is 2. The second-order valence-electron chi connectivity index (χ2n) is 5.22. The number of nitro groups is 1. The molecule has 0 fully saturated rings. The molecular formula is C14H8BrCl3N6O3. The van der Waals surface area contributed by atoms with E-state index in [1.54, 1.807) is 29.1 Å². The molecule has 0 bridgehead atoms. The number of amides is 1. The summed E-state index contributed by atoms with van der Waals surface area (Å²) in [7, 11) is 0. The fourth-order valence-electron chi connectivity index (χ4n) is 2.15. The van der Waals surface area contributed by atoms with E-state index in [0.29, 0.717) is 21.1 Å². The second kappa shape index (κ2) is 7.85. The molecule has 27 heavy (non-hydrogen) atoms. The van der Waals surface area contributed by atoms with Crippen LogP contribution < -0.4 is 5.32 Å². The molecule has 0 spiro atoms. The highest BCUT2D eigenvalue weighted by atomic mass is 79.9. The summed E-state index contributed by atoms with van der Waals surface area (Å²) in [4.78, 5) is 22.3. The summed E-state index contributed by atoms with van der Waals surface area (Å²) in [5.41, 5.74) is 0.539. The molecule has 0 saturated carbocycles. The first-order valence-corrected chi connectivity index (χ1v) is 9.05. The van der Waals surface area contributed by atoms with Gasteiger partial charge in [-0.1, -0.05) is 46.0 Å². The third kappa shape index (κ3) is 4.24. The minimum atomic E-state index is -0.770. The average Bonchev–Trinajstić information content (AvgIpc) is 3.14. The van der Waals surface area contributed by atoms with Crippen LogP contribution in [0.15, 0.2) is 28.9 Å². The lowest BCUT2D eigenvalue weighted by Crippen LogP contribution is -2.14. The van der Waals surface area contributed by atoms with Crippen LogP contribution >= 0.6 is 50.7 Å². The van der Waals surface area contributed by atoms with Crippen molar-refractivity contribution in [1.29, 1.82) is 0 Å². The van der Waals surface area contributed by atoms with Gasteiger partial charge in [0.1, 0.15) is 0 Å². The number of aromatic amines is 1. The quantitative estimate of drug-likeness (QED) is 0.399. The van der Waals surface area contributed by atoms with Crippen molar-refractivity contribution in [2.45, 2.75) is 6.54 Å². The highest BCUT2D eigenvalue weighted by Crippen LogP contribution is 2.27. The summed E-state index contributed by atoms with van der Waals surface area (Å²) in [6.07, 6.45) is 1.65. The van der Waals surface area contributed by atoms with Crippen LogP contribution in [0.1, 0.15) is 16.1 Å². The molecule has 9 nitrogen and oxygen atoms in total. The number of carbonyl (C=O) groups excluding carboxylic acids is 1. The van der Waals surface area contributed by atoms with Crippen LogP contribution in [0.4, 0.5) is 11.6 Å². The Morgan fingerprint density at radius 1 is 1.33 bits per heavy atom. The number of aromatic nitrogens is 4. The summed E-state index contributed by atoms with van der Waals surface area (Å²) in [5, 5.41) is 23.6. The molecular weight excluding hydrogens is 486 g/mol. The van der Waals surface area contributed by atoms with Crippen molar-refractivity contribution in [3.05, 3.63) is 65.3 Å². The summed E-state index contributed by atoms with van der Waals surface area (Å²) < 4.78 is 2.06. The third-order valence-electron chi connectivity index (χ3n) is 3.36. The molecule has 3 rings (SSSR count). The molecule has 0 aliphatic carbocycles. The molecule has 0 atom stereocenters. The molecule has 13 heteroatoms. The number of halogens is 4. The Bertz CT molecular complexity index is 1050. The highest BCUT2D eigenvalue weighted by molar-refractivity contribution is 9.10. The zero-order valence-corrected chi connectivity index (χ0v) is 16.9. The van der Waals surface area contributed by atoms with Gasteiger partial charge in [-0.25, -0.2) is 0 Å². The molecule has 1 amide bonds. The first-order chi connectivity index (χ1) is 12.8. The smallest absolute Gasteiger partial charge is 0.358 e. The van der Waals surface area contributed by atoms with Gasteiger partial charge in [-0.2, -0.15) is 5.10 Å². The number of rotatable bonds is 5. The van der Waals surface area contributed by atoms with Crippen molar-refractivity contribution in [2.24, 2.45) is 0 Å². The van der Waals surface area contributed by atoms with Gasteiger partial charge < -0.3 is 15.4 Å². The first-order valence-electron chi connectivity index (χ1n) is 7.12. The molecule has 0 radical (unpaired) electrons. The van der Waals surface area contributed by atoms with Gasteiger partial charge in [-0.3, -0.25) is 9.48 Å². The maximum Gasteiger partial charge on any atom is 0.362 e. The van der Waals surface area contributed by atoms with E-state index in [-0.39, 0.29) is 16.5 Å². The minimum Gasteiger partial charge on any atom is -0.358 e. The van der Waals surface area contributed by atoms with E-state index in [9.17, 15) is 14.9 Å². The van der Waals surface area contributed by atoms with E-state index in [1.165, 1.54) is 0 Å². The van der Waals surface area contributed by atoms with Crippen molar-refractivity contribution < 1.29 is 9.72 Å². The Labute approximate surface area is 174 Å². The second-order valence-corrected chi connectivity index (χ2v) is 7.26. The lowest BCUT2D eigenvalue weighted by molar-refractivity contribution is -0.389. The fourth-order valence-corrected chi connectivity index (χ4v) is 3.12. The van der Waals surface area contributed by atoms with E-state index in [0.717, 1.165) is 5.56 Å². The van der Waals surface area contributed by atoms with Crippen molar-refractivity contribution in [1.82, 2.24) is 20.0 Å². The zero-order chi connectivity index (χ0) is 19.7. The van der Waals surface area contributed by atoms with Crippen LogP contribution in [-0.4, -0.2) is 30.8 Å². The largest absolute Gasteiger partial charge is 0.362 e. The van der Waals surface area contributed by atoms with Crippen LogP contribution in [0.25, 0.3) is 0 Å². The van der Waals surface area contributed by atoms with Crippen LogP contribution in [0.5, 0.6) is 0 Å². The predicted molar refractivity (Wildman–Crippen MR) is 104 cm³/mol. The van der Waals surface area contributed by atoms with E-state index in [4.69, 9.17) is 34.8 Å². The molecule has 0 aliphatic rings. The number of anilines is 1. The summed E-state index contributed by atoms with van der Waals surface area (Å²) in [6, 6.07) is 5.18. The van der Waals surface area contributed by atoms with Gasteiger partial charge in [0.25, 0.3) is 5.91 Å². The zero-order valence-electron chi connectivity index (χ0n) is 13.0. The molecule has 2 heterocycles. The average molecular weight is 495 g/mol. The first kappa shape index (κ1) is 19.6. The van der Waals surface area contributed by atoms with Crippen LogP contribution in [0.3, 0.4) is 0 Å². The number of nitrogens with one attached hydrogen (secondary N) is 2. The van der Waals surface area contributed by atoms with Crippen LogP contribution in [0.2, 0.25) is 15.1 Å². The lowest BCUT2D eigenvalue weighted by atomic mass is 10.2. The van der Waals surface area contributed by atoms with Gasteiger partial charge in [0.15, 0.2) is 16.5 Å². The number of hydrogen-bond acceptors (Lipinski definition) is 5. The van der Waals surface area contributed by atoms with E-state index < -0.39 is 16.6 Å². The Morgan fingerprint density at radius 3 is 2.70 bits per heavy atom. The minimum absolute atomic E-state index is 0.196. The molecule has 2 aromatic heterocycles. The van der Waals surface area contributed by atoms with Crippen LogP contribution in [0, 0.1) is 10.1 Å². The van der Waals surface area contributed by atoms with Gasteiger partial charge >= 0.3 is 5.82 Å². The van der Waals surface area contributed by atoms with Gasteiger partial charge in [-0.15, -0.1) is 5.10 Å². The van der Waals surface area contributed by atoms with Crippen molar-refractivity contribution in [3.8, 4) is 0 Å². The maximum atomic E-state index is 12.3. The summed E-state index contributed by atoms with van der Waals surface area (Å²) in [6.45, 7) is 0.375. The summed E-state index contributed by atoms with van der Waals surface area (Å²) in [5.74, 6) is -1.11. The SMILES string of the molecule is O=C(Nc1nn(Cc2ccc(Cl)c(Cl)c2)cc1Br)c1n[nH]c([N+](=O)[O-])c1Cl. The lowest BCUT2D eigenvalue weighted by Gasteiger charge is -2.04.